The van der Waals surface area contributed by atoms with Gasteiger partial charge in [-0.05, 0) is 6.42 Å². The number of thiazole rings is 1. The number of anilines is 1. The Morgan fingerprint density at radius 1 is 1.58 bits per heavy atom. The van der Waals surface area contributed by atoms with E-state index in [1.165, 1.54) is 24.6 Å². The molecule has 0 atom stereocenters. The number of nitrogens with zero attached hydrogens (tertiary/aromatic N) is 3. The molecule has 0 saturated carbocycles. The number of carbonyl (C=O) groups is 1. The third-order valence-corrected chi connectivity index (χ3v) is 3.58. The minimum Gasteiger partial charge on any atom is -0.465 e. The quantitative estimate of drug-likeness (QED) is 0.846. The average Bonchev–Trinajstić information content (AvgIpc) is 3.01. The predicted octanol–water partition coefficient (Wildman–Crippen LogP) is 1.84. The third-order valence-electron chi connectivity index (χ3n) is 2.65. The molecule has 19 heavy (non-hydrogen) atoms. The summed E-state index contributed by atoms with van der Waals surface area (Å²) in [5, 5.41) is 8.27. The molecule has 2 aromatic rings. The summed E-state index contributed by atoms with van der Waals surface area (Å²) in [5.74, 6) is -0.360. The highest BCUT2D eigenvalue weighted by molar-refractivity contribution is 7.17. The van der Waals surface area contributed by atoms with Gasteiger partial charge in [0.15, 0.2) is 5.13 Å². The topological polar surface area (TPSA) is 69.0 Å². The fraction of sp³-hybridized carbons (Fsp3) is 0.417. The molecule has 2 aromatic heterocycles. The van der Waals surface area contributed by atoms with Gasteiger partial charge in [0.05, 0.1) is 19.0 Å². The van der Waals surface area contributed by atoms with Gasteiger partial charge in [-0.25, -0.2) is 9.78 Å². The molecule has 0 fully saturated rings. The first-order chi connectivity index (χ1) is 9.13. The van der Waals surface area contributed by atoms with Crippen LogP contribution in [-0.2, 0) is 24.8 Å². The highest BCUT2D eigenvalue weighted by Gasteiger charge is 2.11. The number of ether oxygens (including phenoxy) is 1. The molecule has 0 aliphatic rings. The van der Waals surface area contributed by atoms with Gasteiger partial charge in [-0.15, -0.1) is 0 Å². The fourth-order valence-corrected chi connectivity index (χ4v) is 2.48. The molecule has 0 bridgehead atoms. The van der Waals surface area contributed by atoms with Crippen molar-refractivity contribution in [2.75, 3.05) is 12.4 Å². The van der Waals surface area contributed by atoms with Gasteiger partial charge in [0.25, 0.3) is 0 Å². The van der Waals surface area contributed by atoms with E-state index in [-0.39, 0.29) is 5.97 Å². The van der Waals surface area contributed by atoms with Crippen LogP contribution in [0.15, 0.2) is 12.4 Å². The van der Waals surface area contributed by atoms with Gasteiger partial charge in [0, 0.05) is 25.4 Å². The van der Waals surface area contributed by atoms with E-state index >= 15 is 0 Å². The van der Waals surface area contributed by atoms with Crippen molar-refractivity contribution in [2.45, 2.75) is 19.9 Å². The maximum atomic E-state index is 11.3. The summed E-state index contributed by atoms with van der Waals surface area (Å²) in [7, 11) is 3.26. The minimum absolute atomic E-state index is 0.360. The van der Waals surface area contributed by atoms with Gasteiger partial charge in [-0.3, -0.25) is 4.68 Å². The Morgan fingerprint density at radius 3 is 3.05 bits per heavy atom. The number of aromatic nitrogens is 3. The molecular weight excluding hydrogens is 264 g/mol. The summed E-state index contributed by atoms with van der Waals surface area (Å²) in [6.45, 7) is 2.72. The van der Waals surface area contributed by atoms with Crippen molar-refractivity contribution >= 4 is 22.4 Å². The van der Waals surface area contributed by atoms with Crippen LogP contribution in [0.4, 0.5) is 5.13 Å². The smallest absolute Gasteiger partial charge is 0.349 e. The molecule has 0 aliphatic carbocycles. The van der Waals surface area contributed by atoms with E-state index < -0.39 is 0 Å². The standard InChI is InChI=1S/C12H16N4O2S/c1-4-9-8(7-16(2)15-9)5-13-12-14-6-10(19-12)11(17)18-3/h6-7H,4-5H2,1-3H3,(H,13,14). The molecule has 0 radical (unpaired) electrons. The average molecular weight is 280 g/mol. The van der Waals surface area contributed by atoms with Crippen LogP contribution in [0.2, 0.25) is 0 Å². The lowest BCUT2D eigenvalue weighted by atomic mass is 10.2. The first kappa shape index (κ1) is 13.5. The second-order valence-corrected chi connectivity index (χ2v) is 5.03. The summed E-state index contributed by atoms with van der Waals surface area (Å²) in [4.78, 5) is 15.9. The van der Waals surface area contributed by atoms with E-state index in [0.29, 0.717) is 16.6 Å². The first-order valence-electron chi connectivity index (χ1n) is 5.93. The van der Waals surface area contributed by atoms with Crippen LogP contribution < -0.4 is 5.32 Å². The van der Waals surface area contributed by atoms with Crippen molar-refractivity contribution in [3.05, 3.63) is 28.5 Å². The number of esters is 1. The number of aryl methyl sites for hydroxylation is 2. The summed E-state index contributed by atoms with van der Waals surface area (Å²) in [6, 6.07) is 0. The van der Waals surface area contributed by atoms with E-state index in [1.54, 1.807) is 4.68 Å². The zero-order valence-corrected chi connectivity index (χ0v) is 12.0. The molecule has 0 spiro atoms. The van der Waals surface area contributed by atoms with E-state index in [0.717, 1.165) is 17.7 Å². The second-order valence-electron chi connectivity index (χ2n) is 4.00. The molecule has 2 heterocycles. The van der Waals surface area contributed by atoms with Gasteiger partial charge < -0.3 is 10.1 Å². The number of hydrogen-bond donors (Lipinski definition) is 1. The van der Waals surface area contributed by atoms with Crippen molar-refractivity contribution < 1.29 is 9.53 Å². The maximum absolute atomic E-state index is 11.3. The summed E-state index contributed by atoms with van der Waals surface area (Å²) < 4.78 is 6.45. The van der Waals surface area contributed by atoms with Gasteiger partial charge in [-0.2, -0.15) is 5.10 Å². The molecule has 2 rings (SSSR count). The Labute approximate surface area is 115 Å². The molecule has 1 N–H and O–H groups in total. The highest BCUT2D eigenvalue weighted by atomic mass is 32.1. The SMILES string of the molecule is CCc1nn(C)cc1CNc1ncc(C(=O)OC)s1. The summed E-state index contributed by atoms with van der Waals surface area (Å²) in [5.41, 5.74) is 2.21. The fourth-order valence-electron chi connectivity index (χ4n) is 1.75. The van der Waals surface area contributed by atoms with E-state index in [9.17, 15) is 4.79 Å². The maximum Gasteiger partial charge on any atom is 0.349 e. The largest absolute Gasteiger partial charge is 0.465 e. The van der Waals surface area contributed by atoms with Gasteiger partial charge in [0.1, 0.15) is 4.88 Å². The monoisotopic (exact) mass is 280 g/mol. The van der Waals surface area contributed by atoms with Crippen molar-refractivity contribution in [2.24, 2.45) is 7.05 Å². The minimum atomic E-state index is -0.360. The lowest BCUT2D eigenvalue weighted by Crippen LogP contribution is -2.00. The molecular formula is C12H16N4O2S. The van der Waals surface area contributed by atoms with Crippen molar-refractivity contribution in [3.63, 3.8) is 0 Å². The van der Waals surface area contributed by atoms with E-state index in [4.69, 9.17) is 0 Å². The number of nitrogens with one attached hydrogen (secondary N) is 1. The third kappa shape index (κ3) is 3.11. The van der Waals surface area contributed by atoms with Crippen LogP contribution in [0, 0.1) is 0 Å². The Morgan fingerprint density at radius 2 is 2.37 bits per heavy atom. The molecule has 0 saturated heterocycles. The summed E-state index contributed by atoms with van der Waals surface area (Å²) >= 11 is 1.28. The predicted molar refractivity (Wildman–Crippen MR) is 73.4 cm³/mol. The molecule has 0 amide bonds. The summed E-state index contributed by atoms with van der Waals surface area (Å²) in [6.07, 6.45) is 4.40. The Hall–Kier alpha value is -1.89. The van der Waals surface area contributed by atoms with Crippen LogP contribution in [0.25, 0.3) is 0 Å². The van der Waals surface area contributed by atoms with Crippen LogP contribution in [0.5, 0.6) is 0 Å². The number of hydrogen-bond acceptors (Lipinski definition) is 6. The number of methoxy groups -OCH3 is 1. The second kappa shape index (κ2) is 5.83. The molecule has 6 nitrogen and oxygen atoms in total. The van der Waals surface area contributed by atoms with Crippen molar-refractivity contribution in [3.8, 4) is 0 Å². The van der Waals surface area contributed by atoms with E-state index in [2.05, 4.69) is 27.1 Å². The molecule has 0 aromatic carbocycles. The first-order valence-corrected chi connectivity index (χ1v) is 6.75. The normalized spacial score (nSPS) is 10.5. The number of rotatable bonds is 5. The zero-order chi connectivity index (χ0) is 13.8. The number of carbonyl (C=O) groups excluding carboxylic acids is 1. The van der Waals surface area contributed by atoms with Crippen LogP contribution in [0.1, 0.15) is 27.9 Å². The van der Waals surface area contributed by atoms with Gasteiger partial charge >= 0.3 is 5.97 Å². The lowest BCUT2D eigenvalue weighted by Gasteiger charge is -2.01. The lowest BCUT2D eigenvalue weighted by molar-refractivity contribution is 0.0606. The van der Waals surface area contributed by atoms with Crippen LogP contribution in [0.3, 0.4) is 0 Å². The molecule has 0 aliphatic heterocycles. The van der Waals surface area contributed by atoms with Crippen LogP contribution >= 0.6 is 11.3 Å². The highest BCUT2D eigenvalue weighted by Crippen LogP contribution is 2.20. The molecule has 7 heteroatoms. The Balaban J connectivity index is 2.02. The zero-order valence-electron chi connectivity index (χ0n) is 11.1. The Kier molecular flexibility index (Phi) is 4.16. The van der Waals surface area contributed by atoms with Gasteiger partial charge in [0.2, 0.25) is 0 Å². The van der Waals surface area contributed by atoms with Gasteiger partial charge in [-0.1, -0.05) is 18.3 Å². The van der Waals surface area contributed by atoms with Crippen molar-refractivity contribution in [1.29, 1.82) is 0 Å². The molecule has 102 valence electrons. The molecule has 0 unspecified atom stereocenters. The Bertz CT molecular complexity index is 576. The van der Waals surface area contributed by atoms with E-state index in [1.807, 2.05) is 13.2 Å². The van der Waals surface area contributed by atoms with Crippen LogP contribution in [-0.4, -0.2) is 27.8 Å². The van der Waals surface area contributed by atoms with Crippen molar-refractivity contribution in [1.82, 2.24) is 14.8 Å².